The smallest absolute Gasteiger partial charge is 0.124 e. The summed E-state index contributed by atoms with van der Waals surface area (Å²) < 4.78 is 14.0. The number of hydrogen-bond donors (Lipinski definition) is 1. The van der Waals surface area contributed by atoms with Gasteiger partial charge in [-0.2, -0.15) is 0 Å². The van der Waals surface area contributed by atoms with E-state index in [1.165, 1.54) is 38.6 Å². The topological polar surface area (TPSA) is 55.0 Å². The van der Waals surface area contributed by atoms with E-state index in [2.05, 4.69) is 29.4 Å². The highest BCUT2D eigenvalue weighted by Crippen LogP contribution is 2.48. The molecule has 2 aromatic rings. The zero-order chi connectivity index (χ0) is 21.4. The lowest BCUT2D eigenvalue weighted by Crippen LogP contribution is -2.36. The first kappa shape index (κ1) is 23.8. The van der Waals surface area contributed by atoms with E-state index < -0.39 is 0 Å². The van der Waals surface area contributed by atoms with E-state index in [-0.39, 0.29) is 17.4 Å². The van der Waals surface area contributed by atoms with Gasteiger partial charge in [-0.1, -0.05) is 23.4 Å². The van der Waals surface area contributed by atoms with Gasteiger partial charge in [-0.25, -0.2) is 4.39 Å². The number of aliphatic hydroxyl groups excluding tert-OH is 1. The summed E-state index contributed by atoms with van der Waals surface area (Å²) in [5, 5.41) is 9.78. The minimum absolute atomic E-state index is 0. The summed E-state index contributed by atoms with van der Waals surface area (Å²) in [4.78, 5) is 6.17. The second-order valence-electron chi connectivity index (χ2n) is 9.06. The van der Waals surface area contributed by atoms with E-state index in [0.717, 1.165) is 62.4 Å². The molecule has 2 heterocycles. The van der Waals surface area contributed by atoms with Crippen LogP contribution in [0.15, 0.2) is 56.7 Å². The number of likely N-dealkylation sites (tertiary alicyclic amines) is 1. The number of aliphatic hydroxyl groups is 1. The molecule has 172 valence electrons. The Morgan fingerprint density at radius 1 is 1.00 bits per heavy atom. The van der Waals surface area contributed by atoms with Crippen molar-refractivity contribution in [3.8, 4) is 0 Å². The molecule has 1 saturated heterocycles. The van der Waals surface area contributed by atoms with Crippen molar-refractivity contribution in [3.05, 3.63) is 58.9 Å². The average molecular weight is 474 g/mol. The van der Waals surface area contributed by atoms with Gasteiger partial charge in [-0.3, -0.25) is 0 Å². The van der Waals surface area contributed by atoms with E-state index in [1.54, 1.807) is 35.7 Å². The van der Waals surface area contributed by atoms with Gasteiger partial charge in [0.15, 0.2) is 0 Å². The third kappa shape index (κ3) is 4.95. The molecular formula is C26H32FNO2S2. The molecule has 0 unspecified atom stereocenters. The zero-order valence-corrected chi connectivity index (χ0v) is 20.2. The SMILES string of the molecule is CSc1ccc2c(c1)C(=C1CCN(CC3CCC(O)CC3)CC1)c1ccc(F)cc1S2.O. The third-order valence-electron chi connectivity index (χ3n) is 7.03. The molecule has 0 radical (unpaired) electrons. The van der Waals surface area contributed by atoms with Gasteiger partial charge in [0, 0.05) is 34.3 Å². The molecule has 5 rings (SSSR count). The highest BCUT2D eigenvalue weighted by Gasteiger charge is 2.28. The maximum Gasteiger partial charge on any atom is 0.124 e. The maximum atomic E-state index is 14.0. The van der Waals surface area contributed by atoms with Crippen molar-refractivity contribution in [2.75, 3.05) is 25.9 Å². The summed E-state index contributed by atoms with van der Waals surface area (Å²) in [6, 6.07) is 12.0. The molecule has 32 heavy (non-hydrogen) atoms. The van der Waals surface area contributed by atoms with Gasteiger partial charge in [0.1, 0.15) is 5.82 Å². The molecular weight excluding hydrogens is 441 g/mol. The van der Waals surface area contributed by atoms with Crippen molar-refractivity contribution in [1.29, 1.82) is 0 Å². The summed E-state index contributed by atoms with van der Waals surface area (Å²) in [7, 11) is 0. The molecule has 1 saturated carbocycles. The molecule has 2 aliphatic heterocycles. The summed E-state index contributed by atoms with van der Waals surface area (Å²) in [6.45, 7) is 3.36. The van der Waals surface area contributed by atoms with Gasteiger partial charge in [-0.15, -0.1) is 11.8 Å². The number of halogens is 1. The molecule has 3 aliphatic rings. The number of piperidine rings is 1. The molecule has 2 fully saturated rings. The molecule has 0 spiro atoms. The number of benzene rings is 2. The molecule has 0 bridgehead atoms. The second-order valence-corrected chi connectivity index (χ2v) is 11.0. The Morgan fingerprint density at radius 3 is 2.47 bits per heavy atom. The van der Waals surface area contributed by atoms with Crippen LogP contribution in [0.3, 0.4) is 0 Å². The standard InChI is InChI=1S/C26H30FNOS2.H2O/c1-30-21-7-9-24-23(15-21)26(22-8-4-19(27)14-25(22)31-24)18-10-12-28(13-11-18)16-17-2-5-20(29)6-3-17;/h4,7-9,14-15,17,20,29H,2-3,5-6,10-13,16H2,1H3;1H2. The predicted octanol–water partition coefficient (Wildman–Crippen LogP) is 5.64. The molecule has 3 N–H and O–H groups in total. The quantitative estimate of drug-likeness (QED) is 0.501. The van der Waals surface area contributed by atoms with Crippen molar-refractivity contribution in [1.82, 2.24) is 4.90 Å². The Bertz CT molecular complexity index is 991. The summed E-state index contributed by atoms with van der Waals surface area (Å²) >= 11 is 3.47. The maximum absolute atomic E-state index is 14.0. The fourth-order valence-electron chi connectivity index (χ4n) is 5.30. The number of hydrogen-bond acceptors (Lipinski definition) is 4. The van der Waals surface area contributed by atoms with Crippen LogP contribution >= 0.6 is 23.5 Å². The van der Waals surface area contributed by atoms with Gasteiger partial charge in [-0.05, 0) is 97.7 Å². The van der Waals surface area contributed by atoms with E-state index in [1.807, 2.05) is 6.07 Å². The molecule has 6 heteroatoms. The van der Waals surface area contributed by atoms with E-state index in [9.17, 15) is 9.50 Å². The van der Waals surface area contributed by atoms with Crippen LogP contribution in [0.2, 0.25) is 0 Å². The Kier molecular flexibility index (Phi) is 7.68. The van der Waals surface area contributed by atoms with Crippen molar-refractivity contribution in [3.63, 3.8) is 0 Å². The first-order chi connectivity index (χ1) is 15.1. The minimum atomic E-state index is -0.160. The Labute approximate surface area is 198 Å². The van der Waals surface area contributed by atoms with Gasteiger partial charge in [0.2, 0.25) is 0 Å². The average Bonchev–Trinajstić information content (AvgIpc) is 2.79. The van der Waals surface area contributed by atoms with Gasteiger partial charge in [0.05, 0.1) is 6.10 Å². The van der Waals surface area contributed by atoms with Gasteiger partial charge in [0.25, 0.3) is 0 Å². The van der Waals surface area contributed by atoms with Crippen molar-refractivity contribution >= 4 is 29.1 Å². The van der Waals surface area contributed by atoms with Crippen LogP contribution in [0.25, 0.3) is 5.57 Å². The van der Waals surface area contributed by atoms with Crippen LogP contribution in [0.5, 0.6) is 0 Å². The molecule has 2 aromatic carbocycles. The molecule has 0 amide bonds. The Morgan fingerprint density at radius 2 is 1.75 bits per heavy atom. The van der Waals surface area contributed by atoms with Crippen LogP contribution in [0, 0.1) is 11.7 Å². The van der Waals surface area contributed by atoms with Crippen molar-refractivity contribution in [2.45, 2.75) is 59.3 Å². The van der Waals surface area contributed by atoms with E-state index in [0.29, 0.717) is 0 Å². The van der Waals surface area contributed by atoms with Crippen molar-refractivity contribution in [2.24, 2.45) is 5.92 Å². The van der Waals surface area contributed by atoms with Crippen LogP contribution in [-0.2, 0) is 0 Å². The lowest BCUT2D eigenvalue weighted by Gasteiger charge is -2.35. The van der Waals surface area contributed by atoms with Crippen LogP contribution in [-0.4, -0.2) is 47.5 Å². The number of rotatable bonds is 3. The Hall–Kier alpha value is -1.31. The van der Waals surface area contributed by atoms with E-state index >= 15 is 0 Å². The van der Waals surface area contributed by atoms with Crippen LogP contribution < -0.4 is 0 Å². The molecule has 3 nitrogen and oxygen atoms in total. The minimum Gasteiger partial charge on any atom is -0.412 e. The van der Waals surface area contributed by atoms with Crippen LogP contribution in [0.1, 0.15) is 49.7 Å². The summed E-state index contributed by atoms with van der Waals surface area (Å²) in [5.74, 6) is 0.574. The predicted molar refractivity (Wildman–Crippen MR) is 132 cm³/mol. The van der Waals surface area contributed by atoms with Gasteiger partial charge < -0.3 is 15.5 Å². The third-order valence-corrected chi connectivity index (χ3v) is 8.89. The fraction of sp³-hybridized carbons (Fsp3) is 0.462. The highest BCUT2D eigenvalue weighted by atomic mass is 32.2. The second kappa shape index (κ2) is 10.3. The summed E-state index contributed by atoms with van der Waals surface area (Å²) in [5.41, 5.74) is 5.38. The van der Waals surface area contributed by atoms with Crippen LogP contribution in [0.4, 0.5) is 4.39 Å². The zero-order valence-electron chi connectivity index (χ0n) is 18.6. The van der Waals surface area contributed by atoms with Gasteiger partial charge >= 0.3 is 0 Å². The number of fused-ring (bicyclic) bond motifs is 2. The lowest BCUT2D eigenvalue weighted by atomic mass is 9.85. The fourth-order valence-corrected chi connectivity index (χ4v) is 6.84. The normalized spacial score (nSPS) is 23.3. The number of nitrogens with zero attached hydrogens (tertiary/aromatic N) is 1. The Balaban J connectivity index is 0.00000245. The largest absolute Gasteiger partial charge is 0.412 e. The lowest BCUT2D eigenvalue weighted by molar-refractivity contribution is 0.0923. The summed E-state index contributed by atoms with van der Waals surface area (Å²) in [6.07, 6.45) is 8.45. The number of thioether (sulfide) groups is 1. The first-order valence-corrected chi connectivity index (χ1v) is 13.4. The highest BCUT2D eigenvalue weighted by molar-refractivity contribution is 7.99. The molecule has 0 aromatic heterocycles. The molecule has 1 aliphatic carbocycles. The van der Waals surface area contributed by atoms with E-state index in [4.69, 9.17) is 0 Å². The monoisotopic (exact) mass is 473 g/mol. The first-order valence-electron chi connectivity index (χ1n) is 11.4. The van der Waals surface area contributed by atoms with Crippen molar-refractivity contribution < 1.29 is 15.0 Å². The molecule has 0 atom stereocenters.